The van der Waals surface area contributed by atoms with Crippen LogP contribution in [0.2, 0.25) is 0 Å². The molecule has 198 valence electrons. The smallest absolute Gasteiger partial charge is 0.237 e. The minimum absolute atomic E-state index is 0.118. The number of para-hydroxylation sites is 1. The predicted octanol–water partition coefficient (Wildman–Crippen LogP) is 8.64. The Balaban J connectivity index is 1.34. The predicted molar refractivity (Wildman–Crippen MR) is 170 cm³/mol. The lowest BCUT2D eigenvalue weighted by molar-refractivity contribution is 0.660. The van der Waals surface area contributed by atoms with Gasteiger partial charge in [-0.15, -0.1) is 0 Å². The van der Waals surface area contributed by atoms with Crippen LogP contribution in [0.15, 0.2) is 116 Å². The highest BCUT2D eigenvalue weighted by molar-refractivity contribution is 6.13. The number of rotatable bonds is 2. The van der Waals surface area contributed by atoms with Crippen LogP contribution >= 0.6 is 0 Å². The average molecular weight is 540 g/mol. The molecule has 8 aromatic rings. The van der Waals surface area contributed by atoms with Gasteiger partial charge in [-0.1, -0.05) is 92.7 Å². The maximum atomic E-state index is 5.27. The first-order valence-corrected chi connectivity index (χ1v) is 14.2. The van der Waals surface area contributed by atoms with Gasteiger partial charge >= 0.3 is 0 Å². The van der Waals surface area contributed by atoms with E-state index in [2.05, 4.69) is 127 Å². The quantitative estimate of drug-likeness (QED) is 0.221. The van der Waals surface area contributed by atoms with Gasteiger partial charge < -0.3 is 0 Å². The fourth-order valence-electron chi connectivity index (χ4n) is 6.88. The lowest BCUT2D eigenvalue weighted by atomic mass is 9.82. The summed E-state index contributed by atoms with van der Waals surface area (Å²) in [5.74, 6) is 0.586. The molecule has 0 unspecified atom stereocenters. The van der Waals surface area contributed by atoms with E-state index in [0.29, 0.717) is 17.1 Å². The van der Waals surface area contributed by atoms with Crippen molar-refractivity contribution in [3.8, 4) is 28.3 Å². The molecule has 0 bridgehead atoms. The summed E-state index contributed by atoms with van der Waals surface area (Å²) in [5, 5.41) is 4.72. The van der Waals surface area contributed by atoms with Gasteiger partial charge in [0.1, 0.15) is 11.2 Å². The Bertz CT molecular complexity index is 2400. The molecule has 1 aliphatic carbocycles. The van der Waals surface area contributed by atoms with Crippen molar-refractivity contribution in [1.82, 2.24) is 24.5 Å². The number of aromatic nitrogens is 5. The van der Waals surface area contributed by atoms with E-state index in [-0.39, 0.29) is 5.41 Å². The number of nitrogens with zero attached hydrogens (tertiary/aromatic N) is 5. The van der Waals surface area contributed by atoms with Crippen LogP contribution < -0.4 is 0 Å². The van der Waals surface area contributed by atoms with Gasteiger partial charge in [-0.3, -0.25) is 4.57 Å². The topological polar surface area (TPSA) is 56.5 Å². The monoisotopic (exact) mass is 539 g/mol. The molecule has 5 aromatic carbocycles. The third-order valence-electron chi connectivity index (χ3n) is 8.92. The molecule has 5 nitrogen and oxygen atoms in total. The van der Waals surface area contributed by atoms with Crippen molar-refractivity contribution in [1.29, 1.82) is 0 Å². The van der Waals surface area contributed by atoms with Crippen LogP contribution in [0.4, 0.5) is 0 Å². The summed E-state index contributed by atoms with van der Waals surface area (Å²) in [4.78, 5) is 19.6. The fourth-order valence-corrected chi connectivity index (χ4v) is 6.88. The summed E-state index contributed by atoms with van der Waals surface area (Å²) in [6, 6.07) is 36.8. The van der Waals surface area contributed by atoms with Gasteiger partial charge in [-0.2, -0.15) is 4.98 Å². The van der Waals surface area contributed by atoms with Crippen molar-refractivity contribution in [2.75, 3.05) is 0 Å². The molecule has 3 heterocycles. The number of hydrogen-bond acceptors (Lipinski definition) is 4. The van der Waals surface area contributed by atoms with Crippen molar-refractivity contribution >= 4 is 43.7 Å². The summed E-state index contributed by atoms with van der Waals surface area (Å²) in [7, 11) is 0. The highest BCUT2D eigenvalue weighted by Gasteiger charge is 2.35. The molecule has 9 rings (SSSR count). The van der Waals surface area contributed by atoms with E-state index in [1.807, 2.05) is 0 Å². The lowest BCUT2D eigenvalue weighted by Crippen LogP contribution is -2.15. The second-order valence-corrected chi connectivity index (χ2v) is 11.6. The molecule has 0 radical (unpaired) electrons. The molecule has 5 heteroatoms. The zero-order valence-electron chi connectivity index (χ0n) is 23.2. The molecular weight excluding hydrogens is 514 g/mol. The van der Waals surface area contributed by atoms with E-state index in [1.165, 1.54) is 43.8 Å². The van der Waals surface area contributed by atoms with Gasteiger partial charge in [0.05, 0.1) is 11.0 Å². The molecule has 0 saturated heterocycles. The Morgan fingerprint density at radius 1 is 0.595 bits per heavy atom. The maximum absolute atomic E-state index is 5.27. The maximum Gasteiger partial charge on any atom is 0.237 e. The molecule has 0 atom stereocenters. The Hall–Kier alpha value is -5.42. The molecule has 0 aliphatic heterocycles. The van der Waals surface area contributed by atoms with Crippen molar-refractivity contribution in [3.63, 3.8) is 0 Å². The number of fused-ring (bicyclic) bond motifs is 8. The van der Waals surface area contributed by atoms with Crippen LogP contribution in [-0.2, 0) is 5.41 Å². The Kier molecular flexibility index (Phi) is 4.61. The lowest BCUT2D eigenvalue weighted by Gasteiger charge is -2.22. The molecule has 0 spiro atoms. The van der Waals surface area contributed by atoms with E-state index in [9.17, 15) is 0 Å². The van der Waals surface area contributed by atoms with E-state index in [0.717, 1.165) is 22.3 Å². The highest BCUT2D eigenvalue weighted by Crippen LogP contribution is 2.49. The number of hydrogen-bond donors (Lipinski definition) is 0. The molecule has 42 heavy (non-hydrogen) atoms. The molecule has 0 fully saturated rings. The third kappa shape index (κ3) is 3.13. The van der Waals surface area contributed by atoms with Crippen molar-refractivity contribution < 1.29 is 0 Å². The van der Waals surface area contributed by atoms with Crippen LogP contribution in [0.25, 0.3) is 72.1 Å². The van der Waals surface area contributed by atoms with Crippen molar-refractivity contribution in [3.05, 3.63) is 127 Å². The van der Waals surface area contributed by atoms with Gasteiger partial charge in [0.25, 0.3) is 0 Å². The normalized spacial score (nSPS) is 13.7. The first kappa shape index (κ1) is 23.3. The Morgan fingerprint density at radius 3 is 2.24 bits per heavy atom. The van der Waals surface area contributed by atoms with E-state index in [1.54, 1.807) is 12.4 Å². The minimum atomic E-state index is -0.118. The molecule has 0 N–H and O–H groups in total. The summed E-state index contributed by atoms with van der Waals surface area (Å²) in [5.41, 5.74) is 10.3. The van der Waals surface area contributed by atoms with Crippen LogP contribution in [0.5, 0.6) is 0 Å². The summed E-state index contributed by atoms with van der Waals surface area (Å²) >= 11 is 0. The molecular formula is C37H25N5. The van der Waals surface area contributed by atoms with Crippen LogP contribution in [0.3, 0.4) is 0 Å². The van der Waals surface area contributed by atoms with Gasteiger partial charge in [0, 0.05) is 34.1 Å². The first-order chi connectivity index (χ1) is 20.6. The SMILES string of the molecule is CC1(C)c2ccccc2-c2ccc(-c3nc(-n4c5ccccc5c5cc6ccccc6cc54)nc4nccnc34)cc21. The standard InChI is InChI=1S/C37H25N5/c1-37(2)29-13-7-5-11-25(29)26-16-15-24(20-30(26)37)33-34-35(39-18-17-38-34)41-36(40-33)42-31-14-8-6-12-27(31)28-19-22-9-3-4-10-23(22)21-32(28)42/h3-21H,1-2H3. The highest BCUT2D eigenvalue weighted by atomic mass is 15.2. The molecule has 0 amide bonds. The van der Waals surface area contributed by atoms with Gasteiger partial charge in [0.2, 0.25) is 5.95 Å². The van der Waals surface area contributed by atoms with Crippen molar-refractivity contribution in [2.24, 2.45) is 0 Å². The molecule has 1 aliphatic rings. The van der Waals surface area contributed by atoms with Gasteiger partial charge in [-0.25, -0.2) is 15.0 Å². The second kappa shape index (κ2) is 8.30. The fraction of sp³-hybridized carbons (Fsp3) is 0.0811. The van der Waals surface area contributed by atoms with Crippen molar-refractivity contribution in [2.45, 2.75) is 19.3 Å². The molecule has 3 aromatic heterocycles. The van der Waals surface area contributed by atoms with Crippen LogP contribution in [0.1, 0.15) is 25.0 Å². The average Bonchev–Trinajstić information content (AvgIpc) is 3.47. The Morgan fingerprint density at radius 2 is 1.33 bits per heavy atom. The van der Waals surface area contributed by atoms with Gasteiger partial charge in [-0.05, 0) is 57.3 Å². The summed E-state index contributed by atoms with van der Waals surface area (Å²) < 4.78 is 2.17. The van der Waals surface area contributed by atoms with Crippen LogP contribution in [0, 0.1) is 0 Å². The third-order valence-corrected chi connectivity index (χ3v) is 8.92. The van der Waals surface area contributed by atoms with E-state index in [4.69, 9.17) is 15.0 Å². The van der Waals surface area contributed by atoms with Crippen LogP contribution in [-0.4, -0.2) is 24.5 Å². The van der Waals surface area contributed by atoms with Gasteiger partial charge in [0.15, 0.2) is 5.65 Å². The van der Waals surface area contributed by atoms with E-state index < -0.39 is 0 Å². The van der Waals surface area contributed by atoms with E-state index >= 15 is 0 Å². The summed E-state index contributed by atoms with van der Waals surface area (Å²) in [6.45, 7) is 4.60. The zero-order chi connectivity index (χ0) is 28.0. The Labute approximate surface area is 242 Å². The molecule has 0 saturated carbocycles. The largest absolute Gasteiger partial charge is 0.278 e. The first-order valence-electron chi connectivity index (χ1n) is 14.2. The minimum Gasteiger partial charge on any atom is -0.278 e. The second-order valence-electron chi connectivity index (χ2n) is 11.6. The summed E-state index contributed by atoms with van der Waals surface area (Å²) in [6.07, 6.45) is 3.42. The number of benzene rings is 5. The zero-order valence-corrected chi connectivity index (χ0v) is 23.2.